The van der Waals surface area contributed by atoms with Crippen molar-refractivity contribution in [3.8, 4) is 0 Å². The van der Waals surface area contributed by atoms with Crippen molar-refractivity contribution in [1.29, 1.82) is 0 Å². The Hall–Kier alpha value is -1.24. The van der Waals surface area contributed by atoms with Crippen LogP contribution in [0.3, 0.4) is 0 Å². The van der Waals surface area contributed by atoms with Crippen LogP contribution in [0.2, 0.25) is 5.71 Å². The van der Waals surface area contributed by atoms with E-state index in [9.17, 15) is 0 Å². The Balaban J connectivity index is 2.28. The van der Waals surface area contributed by atoms with Crippen LogP contribution in [0.25, 0.3) is 0 Å². The third-order valence-corrected chi connectivity index (χ3v) is 8.91. The van der Waals surface area contributed by atoms with Crippen LogP contribution < -0.4 is 18.7 Å². The van der Waals surface area contributed by atoms with E-state index >= 15 is 0 Å². The van der Waals surface area contributed by atoms with Gasteiger partial charge in [0.2, 0.25) is 0 Å². The van der Waals surface area contributed by atoms with Gasteiger partial charge in [-0.05, 0) is 0 Å². The third-order valence-electron chi connectivity index (χ3n) is 3.08. The fourth-order valence-electron chi connectivity index (χ4n) is 2.24. The molecule has 0 atom stereocenters. The molecule has 0 amide bonds. The summed E-state index contributed by atoms with van der Waals surface area (Å²) in [7, 11) is 0. The van der Waals surface area contributed by atoms with Gasteiger partial charge < -0.3 is 0 Å². The molecule has 0 fully saturated rings. The monoisotopic (exact) mass is 273 g/mol. The van der Waals surface area contributed by atoms with Crippen LogP contribution in [0, 0.1) is 0 Å². The first-order valence-electron chi connectivity index (χ1n) is 5.31. The van der Waals surface area contributed by atoms with Gasteiger partial charge in [0.05, 0.1) is 0 Å². The number of nitrogens with one attached hydrogen (secondary N) is 1. The fraction of sp³-hybridized carbons (Fsp3) is 0.0769. The molecule has 0 saturated heterocycles. The number of benzene rings is 2. The van der Waals surface area contributed by atoms with Gasteiger partial charge in [-0.3, -0.25) is 0 Å². The first-order valence-corrected chi connectivity index (χ1v) is 10.1. The van der Waals surface area contributed by atoms with Gasteiger partial charge in [0, 0.05) is 0 Å². The second-order valence-electron chi connectivity index (χ2n) is 4.23. The molecule has 3 heteroatoms. The van der Waals surface area contributed by atoms with Crippen molar-refractivity contribution in [1.82, 2.24) is 0 Å². The average molecular weight is 273 g/mol. The van der Waals surface area contributed by atoms with E-state index in [2.05, 4.69) is 59.6 Å². The maximum atomic E-state index is 6.63. The molecule has 2 aromatic rings. The van der Waals surface area contributed by atoms with Gasteiger partial charge in [-0.15, -0.1) is 0 Å². The Morgan fingerprint density at radius 1 is 0.875 bits per heavy atom. The molecule has 0 aliphatic carbocycles. The number of rotatable bonds is 0. The minimum absolute atomic E-state index is 1.18. The van der Waals surface area contributed by atoms with E-state index in [-0.39, 0.29) is 0 Å². The zero-order valence-corrected chi connectivity index (χ0v) is 11.0. The summed E-state index contributed by atoms with van der Waals surface area (Å²) in [4.78, 5) is 0. The van der Waals surface area contributed by atoms with Gasteiger partial charge >= 0.3 is 98.1 Å². The molecule has 1 heterocycles. The van der Waals surface area contributed by atoms with E-state index in [1.165, 1.54) is 20.1 Å². The average Bonchev–Trinajstić information content (AvgIpc) is 2.29. The van der Waals surface area contributed by atoms with Crippen LogP contribution in [0.5, 0.6) is 0 Å². The van der Waals surface area contributed by atoms with E-state index in [1.807, 2.05) is 0 Å². The molecule has 81 valence electrons. The first kappa shape index (κ1) is 9.95. The molecule has 3 N–H and O–H groups in total. The number of anilines is 2. The molecule has 1 radical (unpaired) electrons. The summed E-state index contributed by atoms with van der Waals surface area (Å²) in [6.45, 7) is 0. The molecule has 0 unspecified atom stereocenters. The Labute approximate surface area is 98.2 Å². The summed E-state index contributed by atoms with van der Waals surface area (Å²) in [5.41, 5.74) is 4.59. The molecule has 1 aliphatic heterocycles. The van der Waals surface area contributed by atoms with Gasteiger partial charge in [0.25, 0.3) is 0 Å². The topological polar surface area (TPSA) is 38.0 Å². The van der Waals surface area contributed by atoms with Gasteiger partial charge in [-0.2, -0.15) is 0 Å². The normalized spacial score (nSPS) is 15.9. The van der Waals surface area contributed by atoms with Crippen LogP contribution in [0.1, 0.15) is 0 Å². The standard InChI is InChI=1S/C13H14AsN2/c1-14(15)10-6-2-4-8-12(10)16-13-9-5-3-7-11(13)14/h2-9,16H,15H2,1H3. The summed E-state index contributed by atoms with van der Waals surface area (Å²) in [6, 6.07) is 16.8. The molecule has 0 saturated carbocycles. The van der Waals surface area contributed by atoms with Crippen LogP contribution >= 0.6 is 0 Å². The number of fused-ring (bicyclic) bond motifs is 2. The maximum absolute atomic E-state index is 6.63. The molecule has 0 bridgehead atoms. The van der Waals surface area contributed by atoms with Crippen molar-refractivity contribution in [3.63, 3.8) is 0 Å². The summed E-state index contributed by atoms with van der Waals surface area (Å²) < 4.78 is 9.27. The predicted octanol–water partition coefficient (Wildman–Crippen LogP) is 1.39. The van der Waals surface area contributed by atoms with Crippen molar-refractivity contribution in [2.45, 2.75) is 5.71 Å². The Kier molecular flexibility index (Phi) is 2.10. The van der Waals surface area contributed by atoms with E-state index in [4.69, 9.17) is 4.65 Å². The molecule has 0 spiro atoms. The second-order valence-corrected chi connectivity index (χ2v) is 10.8. The summed E-state index contributed by atoms with van der Waals surface area (Å²) in [5.74, 6) is 0. The van der Waals surface area contributed by atoms with Crippen molar-refractivity contribution in [2.24, 2.45) is 4.65 Å². The van der Waals surface area contributed by atoms with Gasteiger partial charge in [-0.1, -0.05) is 0 Å². The third kappa shape index (κ3) is 1.31. The zero-order chi connectivity index (χ0) is 11.2. The molecule has 2 aromatic carbocycles. The molecular formula is C13H14AsN2. The fourth-order valence-corrected chi connectivity index (χ4v) is 7.10. The van der Waals surface area contributed by atoms with Crippen molar-refractivity contribution in [3.05, 3.63) is 48.5 Å². The number of hydrogen-bond acceptors (Lipinski definition) is 2. The minimum atomic E-state index is -2.37. The zero-order valence-electron chi connectivity index (χ0n) is 9.14. The predicted molar refractivity (Wildman–Crippen MR) is 71.2 cm³/mol. The Morgan fingerprint density at radius 2 is 1.31 bits per heavy atom. The van der Waals surface area contributed by atoms with E-state index in [1.54, 1.807) is 0 Å². The van der Waals surface area contributed by atoms with Crippen molar-refractivity contribution >= 4 is 33.9 Å². The van der Waals surface area contributed by atoms with Gasteiger partial charge in [0.1, 0.15) is 0 Å². The van der Waals surface area contributed by atoms with Gasteiger partial charge in [0.15, 0.2) is 0 Å². The summed E-state index contributed by atoms with van der Waals surface area (Å²) in [5, 5.41) is 3.46. The molecule has 3 rings (SSSR count). The molecule has 2 nitrogen and oxygen atoms in total. The summed E-state index contributed by atoms with van der Waals surface area (Å²) >= 11 is -2.37. The van der Waals surface area contributed by atoms with Crippen LogP contribution in [0.4, 0.5) is 11.4 Å². The molecule has 0 aromatic heterocycles. The summed E-state index contributed by atoms with van der Waals surface area (Å²) in [6.07, 6.45) is 0. The number of hydrogen-bond donors (Lipinski definition) is 2. The second kappa shape index (κ2) is 3.38. The van der Waals surface area contributed by atoms with E-state index < -0.39 is 13.8 Å². The SMILES string of the molecule is C[As]1(N)c2ccccc2Nc2ccccc21. The van der Waals surface area contributed by atoms with Crippen LogP contribution in [0.15, 0.2) is 48.5 Å². The van der Waals surface area contributed by atoms with E-state index in [0.717, 1.165) is 0 Å². The molecular weight excluding hydrogens is 259 g/mol. The molecule has 16 heavy (non-hydrogen) atoms. The van der Waals surface area contributed by atoms with Gasteiger partial charge in [-0.25, -0.2) is 0 Å². The van der Waals surface area contributed by atoms with Crippen molar-refractivity contribution in [2.75, 3.05) is 5.32 Å². The number of para-hydroxylation sites is 2. The van der Waals surface area contributed by atoms with E-state index in [0.29, 0.717) is 0 Å². The molecule has 1 aliphatic rings. The van der Waals surface area contributed by atoms with Crippen molar-refractivity contribution < 1.29 is 0 Å². The Morgan fingerprint density at radius 3 is 1.81 bits per heavy atom. The van der Waals surface area contributed by atoms with Crippen LogP contribution in [-0.4, -0.2) is 13.8 Å². The van der Waals surface area contributed by atoms with Crippen LogP contribution in [-0.2, 0) is 0 Å². The first-order chi connectivity index (χ1) is 7.69. The quantitative estimate of drug-likeness (QED) is 0.712. The number of nitrogens with two attached hydrogens (primary N) is 1. The Bertz CT molecular complexity index is 502.